The van der Waals surface area contributed by atoms with Crippen LogP contribution in [0.15, 0.2) is 34.8 Å². The average molecular weight is 364 g/mol. The van der Waals surface area contributed by atoms with Crippen molar-refractivity contribution >= 4 is 27.3 Å². The predicted molar refractivity (Wildman–Crippen MR) is 93.7 cm³/mol. The van der Waals surface area contributed by atoms with Crippen LogP contribution in [-0.2, 0) is 10.0 Å². The number of hydrogen-bond acceptors (Lipinski definition) is 6. The zero-order valence-corrected chi connectivity index (χ0v) is 15.1. The first-order valence-corrected chi connectivity index (χ1v) is 10.4. The second kappa shape index (κ2) is 6.09. The SMILES string of the molecule is Cc1ccc(S(=O)(=O)N2C[C@H]3CC[C@@H]2CN(c2ncccn2)C3)s1. The molecule has 3 saturated heterocycles. The summed E-state index contributed by atoms with van der Waals surface area (Å²) >= 11 is 1.35. The molecule has 2 aromatic rings. The van der Waals surface area contributed by atoms with Gasteiger partial charge in [0.25, 0.3) is 10.0 Å². The summed E-state index contributed by atoms with van der Waals surface area (Å²) in [6.45, 7) is 4.00. The molecule has 3 aliphatic heterocycles. The van der Waals surface area contributed by atoms with Gasteiger partial charge in [-0.2, -0.15) is 4.31 Å². The van der Waals surface area contributed by atoms with E-state index in [2.05, 4.69) is 14.9 Å². The van der Waals surface area contributed by atoms with E-state index >= 15 is 0 Å². The van der Waals surface area contributed by atoms with Gasteiger partial charge in [0.15, 0.2) is 0 Å². The van der Waals surface area contributed by atoms with Crippen molar-refractivity contribution < 1.29 is 8.42 Å². The number of rotatable bonds is 3. The topological polar surface area (TPSA) is 66.4 Å². The summed E-state index contributed by atoms with van der Waals surface area (Å²) in [6.07, 6.45) is 5.43. The molecule has 24 heavy (non-hydrogen) atoms. The molecule has 2 bridgehead atoms. The highest BCUT2D eigenvalue weighted by molar-refractivity contribution is 7.91. The molecule has 0 spiro atoms. The summed E-state index contributed by atoms with van der Waals surface area (Å²) < 4.78 is 28.3. The van der Waals surface area contributed by atoms with Crippen molar-refractivity contribution in [2.75, 3.05) is 24.5 Å². The van der Waals surface area contributed by atoms with E-state index in [1.54, 1.807) is 28.8 Å². The van der Waals surface area contributed by atoms with E-state index in [1.165, 1.54) is 11.3 Å². The molecule has 0 N–H and O–H groups in total. The molecule has 3 aliphatic rings. The van der Waals surface area contributed by atoms with Gasteiger partial charge in [0.05, 0.1) is 0 Å². The van der Waals surface area contributed by atoms with Crippen molar-refractivity contribution in [3.05, 3.63) is 35.5 Å². The van der Waals surface area contributed by atoms with Gasteiger partial charge in [-0.15, -0.1) is 11.3 Å². The van der Waals surface area contributed by atoms with Gasteiger partial charge in [-0.25, -0.2) is 18.4 Å². The van der Waals surface area contributed by atoms with Crippen molar-refractivity contribution in [3.63, 3.8) is 0 Å². The van der Waals surface area contributed by atoms with Gasteiger partial charge in [0.1, 0.15) is 4.21 Å². The van der Waals surface area contributed by atoms with Gasteiger partial charge >= 0.3 is 0 Å². The molecular weight excluding hydrogens is 344 g/mol. The van der Waals surface area contributed by atoms with E-state index < -0.39 is 10.0 Å². The third-order valence-corrected chi connectivity index (χ3v) is 8.16. The van der Waals surface area contributed by atoms with E-state index in [1.807, 2.05) is 13.0 Å². The van der Waals surface area contributed by atoms with Crippen LogP contribution in [0.25, 0.3) is 0 Å². The molecule has 0 aromatic carbocycles. The molecule has 2 aromatic heterocycles. The van der Waals surface area contributed by atoms with Crippen molar-refractivity contribution in [1.82, 2.24) is 14.3 Å². The van der Waals surface area contributed by atoms with E-state index in [0.717, 1.165) is 24.3 Å². The Balaban J connectivity index is 1.64. The summed E-state index contributed by atoms with van der Waals surface area (Å²) in [5.41, 5.74) is 0. The molecule has 128 valence electrons. The average Bonchev–Trinajstić information content (AvgIpc) is 2.83. The highest BCUT2D eigenvalue weighted by atomic mass is 32.2. The molecule has 0 unspecified atom stereocenters. The van der Waals surface area contributed by atoms with Crippen molar-refractivity contribution in [2.45, 2.75) is 30.0 Å². The number of aromatic nitrogens is 2. The van der Waals surface area contributed by atoms with Crippen LogP contribution >= 0.6 is 11.3 Å². The maximum Gasteiger partial charge on any atom is 0.252 e. The third-order valence-electron chi connectivity index (χ3n) is 4.78. The van der Waals surface area contributed by atoms with E-state index in [0.29, 0.717) is 29.2 Å². The Morgan fingerprint density at radius 2 is 1.92 bits per heavy atom. The number of hydrogen-bond donors (Lipinski definition) is 0. The molecule has 3 fully saturated rings. The second-order valence-corrected chi connectivity index (χ2v) is 9.90. The Morgan fingerprint density at radius 1 is 1.12 bits per heavy atom. The number of aryl methyl sites for hydroxylation is 1. The zero-order valence-electron chi connectivity index (χ0n) is 13.5. The minimum Gasteiger partial charge on any atom is -0.339 e. The smallest absolute Gasteiger partial charge is 0.252 e. The lowest BCUT2D eigenvalue weighted by Gasteiger charge is -2.34. The summed E-state index contributed by atoms with van der Waals surface area (Å²) in [4.78, 5) is 11.8. The molecule has 0 radical (unpaired) electrons. The van der Waals surface area contributed by atoms with Gasteiger partial charge in [0, 0.05) is 42.9 Å². The minimum atomic E-state index is -3.42. The number of fused-ring (bicyclic) bond motifs is 4. The number of thiophene rings is 1. The predicted octanol–water partition coefficient (Wildman–Crippen LogP) is 2.14. The van der Waals surface area contributed by atoms with Crippen LogP contribution < -0.4 is 4.90 Å². The maximum absolute atomic E-state index is 13.1. The fourth-order valence-corrected chi connectivity index (χ4v) is 6.75. The van der Waals surface area contributed by atoms with E-state index in [4.69, 9.17) is 0 Å². The molecule has 8 heteroatoms. The quantitative estimate of drug-likeness (QED) is 0.835. The summed E-state index contributed by atoms with van der Waals surface area (Å²) in [5, 5.41) is 0. The third kappa shape index (κ3) is 2.82. The molecule has 5 rings (SSSR count). The Hall–Kier alpha value is -1.51. The van der Waals surface area contributed by atoms with Crippen LogP contribution in [0.1, 0.15) is 17.7 Å². The van der Waals surface area contributed by atoms with Crippen LogP contribution in [0.5, 0.6) is 0 Å². The number of anilines is 1. The number of nitrogens with zero attached hydrogens (tertiary/aromatic N) is 4. The first kappa shape index (κ1) is 16.0. The van der Waals surface area contributed by atoms with Crippen LogP contribution in [-0.4, -0.2) is 48.4 Å². The van der Waals surface area contributed by atoms with Crippen molar-refractivity contribution in [3.8, 4) is 0 Å². The Kier molecular flexibility index (Phi) is 4.06. The fraction of sp³-hybridized carbons (Fsp3) is 0.500. The van der Waals surface area contributed by atoms with Gasteiger partial charge in [-0.05, 0) is 43.9 Å². The molecule has 6 nitrogen and oxygen atoms in total. The summed E-state index contributed by atoms with van der Waals surface area (Å²) in [7, 11) is -3.42. The van der Waals surface area contributed by atoms with Crippen LogP contribution in [0.4, 0.5) is 5.95 Å². The van der Waals surface area contributed by atoms with E-state index in [-0.39, 0.29) is 6.04 Å². The van der Waals surface area contributed by atoms with Crippen molar-refractivity contribution in [2.24, 2.45) is 5.92 Å². The maximum atomic E-state index is 13.1. The lowest BCUT2D eigenvalue weighted by atomic mass is 9.97. The highest BCUT2D eigenvalue weighted by Crippen LogP contribution is 2.35. The lowest BCUT2D eigenvalue weighted by molar-refractivity contribution is 0.231. The second-order valence-electron chi connectivity index (χ2n) is 6.49. The Morgan fingerprint density at radius 3 is 2.62 bits per heavy atom. The monoisotopic (exact) mass is 364 g/mol. The van der Waals surface area contributed by atoms with Gasteiger partial charge < -0.3 is 4.90 Å². The number of piperidine rings is 1. The molecular formula is C16H20N4O2S2. The van der Waals surface area contributed by atoms with Gasteiger partial charge in [-0.1, -0.05) is 0 Å². The largest absolute Gasteiger partial charge is 0.339 e. The van der Waals surface area contributed by atoms with Gasteiger partial charge in [-0.3, -0.25) is 0 Å². The summed E-state index contributed by atoms with van der Waals surface area (Å²) in [5.74, 6) is 1.02. The van der Waals surface area contributed by atoms with Crippen LogP contribution in [0.3, 0.4) is 0 Å². The minimum absolute atomic E-state index is 0.0139. The molecule has 0 amide bonds. The molecule has 0 saturated carbocycles. The molecule has 5 heterocycles. The molecule has 2 atom stereocenters. The number of sulfonamides is 1. The van der Waals surface area contributed by atoms with Crippen LogP contribution in [0, 0.1) is 12.8 Å². The van der Waals surface area contributed by atoms with Gasteiger partial charge in [0.2, 0.25) is 5.95 Å². The van der Waals surface area contributed by atoms with Crippen LogP contribution in [0.2, 0.25) is 0 Å². The standard InChI is InChI=1S/C16H20N4O2S2/c1-12-3-6-15(23-12)24(21,22)20-10-13-4-5-14(20)11-19(9-13)16-17-7-2-8-18-16/h2-3,6-8,13-14H,4-5,9-11H2,1H3/t13-,14+/m0/s1. The zero-order chi connectivity index (χ0) is 16.7. The fourth-order valence-electron chi connectivity index (χ4n) is 3.62. The van der Waals surface area contributed by atoms with Crippen molar-refractivity contribution in [1.29, 1.82) is 0 Å². The van der Waals surface area contributed by atoms with E-state index in [9.17, 15) is 8.42 Å². The normalized spacial score (nSPS) is 25.0. The lowest BCUT2D eigenvalue weighted by Crippen LogP contribution is -2.47. The Labute approximate surface area is 146 Å². The summed E-state index contributed by atoms with van der Waals surface area (Å²) in [6, 6.07) is 5.38. The Bertz CT molecular complexity index is 822. The molecule has 0 aliphatic carbocycles. The first-order chi connectivity index (χ1) is 11.5. The highest BCUT2D eigenvalue weighted by Gasteiger charge is 2.42. The first-order valence-electron chi connectivity index (χ1n) is 8.14.